The molecule has 0 amide bonds. The average molecular weight is 291 g/mol. The Bertz CT molecular complexity index is 1030. The molecule has 0 radical (unpaired) electrons. The Balaban J connectivity index is 2.07. The minimum absolute atomic E-state index is 0.136. The van der Waals surface area contributed by atoms with Crippen molar-refractivity contribution in [3.05, 3.63) is 64.8 Å². The molecule has 0 aliphatic heterocycles. The normalized spacial score (nSPS) is 11.1. The second-order valence-corrected chi connectivity index (χ2v) is 5.08. The molecule has 108 valence electrons. The van der Waals surface area contributed by atoms with E-state index < -0.39 is 0 Å². The van der Waals surface area contributed by atoms with Crippen LogP contribution in [-0.4, -0.2) is 12.1 Å². The van der Waals surface area contributed by atoms with E-state index >= 15 is 0 Å². The number of H-pyrrole nitrogens is 1. The van der Waals surface area contributed by atoms with Crippen LogP contribution in [0.25, 0.3) is 33.3 Å². The second-order valence-electron chi connectivity index (χ2n) is 5.08. The third-order valence-electron chi connectivity index (χ3n) is 3.74. The van der Waals surface area contributed by atoms with Gasteiger partial charge in [-0.3, -0.25) is 4.79 Å². The monoisotopic (exact) mass is 291 g/mol. The summed E-state index contributed by atoms with van der Waals surface area (Å²) in [6, 6.07) is 16.8. The predicted molar refractivity (Wildman–Crippen MR) is 86.3 cm³/mol. The number of aromatic nitrogens is 1. The fourth-order valence-corrected chi connectivity index (χ4v) is 2.64. The summed E-state index contributed by atoms with van der Waals surface area (Å²) in [5.74, 6) is 0.723. The second kappa shape index (κ2) is 4.77. The Morgan fingerprint density at radius 1 is 1.05 bits per heavy atom. The summed E-state index contributed by atoms with van der Waals surface area (Å²) < 4.78 is 10.9. The van der Waals surface area contributed by atoms with Crippen LogP contribution in [0.15, 0.2) is 63.8 Å². The number of nitrogens with one attached hydrogen (secondary N) is 1. The van der Waals surface area contributed by atoms with Crippen molar-refractivity contribution in [1.29, 1.82) is 0 Å². The van der Waals surface area contributed by atoms with Crippen molar-refractivity contribution < 1.29 is 9.15 Å². The number of furan rings is 1. The number of ether oxygens (including phenoxy) is 1. The van der Waals surface area contributed by atoms with Crippen molar-refractivity contribution in [3.63, 3.8) is 0 Å². The molecular formula is C18H13NO3. The Kier molecular flexibility index (Phi) is 2.76. The first-order chi connectivity index (χ1) is 10.8. The molecule has 2 aromatic heterocycles. The van der Waals surface area contributed by atoms with Gasteiger partial charge in [0.25, 0.3) is 0 Å². The van der Waals surface area contributed by atoms with E-state index in [9.17, 15) is 4.79 Å². The Labute approximate surface area is 126 Å². The van der Waals surface area contributed by atoms with Crippen molar-refractivity contribution in [2.75, 3.05) is 7.11 Å². The first-order valence-electron chi connectivity index (χ1n) is 6.95. The average Bonchev–Trinajstić information content (AvgIpc) is 2.94. The molecule has 2 heterocycles. The molecule has 0 atom stereocenters. The molecule has 0 aliphatic rings. The van der Waals surface area contributed by atoms with E-state index in [1.807, 2.05) is 48.5 Å². The Morgan fingerprint density at radius 2 is 1.86 bits per heavy atom. The minimum atomic E-state index is -0.136. The first-order valence-corrected chi connectivity index (χ1v) is 6.95. The number of pyridine rings is 1. The lowest BCUT2D eigenvalue weighted by Gasteiger charge is -2.02. The van der Waals surface area contributed by atoms with Crippen LogP contribution in [0.3, 0.4) is 0 Å². The van der Waals surface area contributed by atoms with Gasteiger partial charge in [-0.05, 0) is 23.8 Å². The fourth-order valence-electron chi connectivity index (χ4n) is 2.64. The number of aromatic amines is 1. The summed E-state index contributed by atoms with van der Waals surface area (Å²) in [6.45, 7) is 0. The zero-order valence-electron chi connectivity index (χ0n) is 11.9. The molecule has 1 N–H and O–H groups in total. The van der Waals surface area contributed by atoms with Crippen molar-refractivity contribution in [1.82, 2.24) is 4.98 Å². The molecule has 0 unspecified atom stereocenters. The number of methoxy groups -OCH3 is 1. The summed E-state index contributed by atoms with van der Waals surface area (Å²) in [7, 11) is 1.61. The van der Waals surface area contributed by atoms with Crippen molar-refractivity contribution in [2.24, 2.45) is 0 Å². The molecule has 0 bridgehead atoms. The third-order valence-corrected chi connectivity index (χ3v) is 3.74. The molecule has 0 aliphatic carbocycles. The van der Waals surface area contributed by atoms with Crippen LogP contribution in [0.5, 0.6) is 5.75 Å². The molecule has 4 heteroatoms. The molecular weight excluding hydrogens is 278 g/mol. The van der Waals surface area contributed by atoms with Gasteiger partial charge in [0.15, 0.2) is 5.58 Å². The molecule has 0 saturated carbocycles. The molecule has 0 fully saturated rings. The van der Waals surface area contributed by atoms with Crippen LogP contribution in [0, 0.1) is 0 Å². The van der Waals surface area contributed by atoms with E-state index in [2.05, 4.69) is 4.98 Å². The van der Waals surface area contributed by atoms with E-state index in [0.29, 0.717) is 16.7 Å². The van der Waals surface area contributed by atoms with Gasteiger partial charge in [0.05, 0.1) is 12.6 Å². The van der Waals surface area contributed by atoms with Crippen molar-refractivity contribution in [2.45, 2.75) is 0 Å². The quantitative estimate of drug-likeness (QED) is 0.608. The molecule has 4 rings (SSSR count). The summed E-state index contributed by atoms with van der Waals surface area (Å²) in [5.41, 5.74) is 3.28. The first kappa shape index (κ1) is 12.7. The highest BCUT2D eigenvalue weighted by Gasteiger charge is 2.13. The van der Waals surface area contributed by atoms with Crippen LogP contribution >= 0.6 is 0 Å². The number of fused-ring (bicyclic) bond motifs is 3. The number of benzene rings is 2. The zero-order valence-corrected chi connectivity index (χ0v) is 11.9. The number of rotatable bonds is 2. The molecule has 4 nitrogen and oxygen atoms in total. The lowest BCUT2D eigenvalue weighted by atomic mass is 10.1. The van der Waals surface area contributed by atoms with E-state index in [4.69, 9.17) is 9.15 Å². The van der Waals surface area contributed by atoms with Gasteiger partial charge in [-0.15, -0.1) is 0 Å². The lowest BCUT2D eigenvalue weighted by Crippen LogP contribution is -2.00. The van der Waals surface area contributed by atoms with E-state index in [1.165, 1.54) is 0 Å². The molecule has 0 saturated heterocycles. The van der Waals surface area contributed by atoms with Gasteiger partial charge in [0, 0.05) is 17.1 Å². The van der Waals surface area contributed by atoms with Gasteiger partial charge in [0.1, 0.15) is 11.3 Å². The summed E-state index contributed by atoms with van der Waals surface area (Å²) in [5, 5.41) is 0.837. The summed E-state index contributed by atoms with van der Waals surface area (Å²) in [4.78, 5) is 15.7. The van der Waals surface area contributed by atoms with Crippen LogP contribution in [0.1, 0.15) is 0 Å². The van der Waals surface area contributed by atoms with Gasteiger partial charge in [0.2, 0.25) is 5.43 Å². The Hall–Kier alpha value is -3.01. The number of hydrogen-bond donors (Lipinski definition) is 1. The smallest absolute Gasteiger partial charge is 0.225 e. The third kappa shape index (κ3) is 1.89. The summed E-state index contributed by atoms with van der Waals surface area (Å²) >= 11 is 0. The SMILES string of the molecule is COc1ccc2oc3c(=O)cc(-c4ccccc4)[nH]c3c2c1. The largest absolute Gasteiger partial charge is 0.497 e. The zero-order chi connectivity index (χ0) is 15.1. The maximum Gasteiger partial charge on any atom is 0.225 e. The highest BCUT2D eigenvalue weighted by Crippen LogP contribution is 2.30. The van der Waals surface area contributed by atoms with Crippen LogP contribution in [-0.2, 0) is 0 Å². The van der Waals surface area contributed by atoms with Gasteiger partial charge in [-0.2, -0.15) is 0 Å². The predicted octanol–water partition coefficient (Wildman–Crippen LogP) is 3.95. The van der Waals surface area contributed by atoms with E-state index in [0.717, 1.165) is 22.4 Å². The van der Waals surface area contributed by atoms with Crippen LogP contribution in [0.2, 0.25) is 0 Å². The van der Waals surface area contributed by atoms with E-state index in [-0.39, 0.29) is 5.43 Å². The van der Waals surface area contributed by atoms with E-state index in [1.54, 1.807) is 13.2 Å². The highest BCUT2D eigenvalue weighted by atomic mass is 16.5. The highest BCUT2D eigenvalue weighted by molar-refractivity contribution is 6.03. The standard InChI is InChI=1S/C18H13NO3/c1-21-12-7-8-16-13(9-12)17-18(22-16)15(20)10-14(19-17)11-5-3-2-4-6-11/h2-10H,1H3,(H,19,20). The summed E-state index contributed by atoms with van der Waals surface area (Å²) in [6.07, 6.45) is 0. The maximum atomic E-state index is 12.4. The van der Waals surface area contributed by atoms with Gasteiger partial charge >= 0.3 is 0 Å². The van der Waals surface area contributed by atoms with Crippen LogP contribution < -0.4 is 10.2 Å². The van der Waals surface area contributed by atoms with Crippen LogP contribution in [0.4, 0.5) is 0 Å². The molecule has 4 aromatic rings. The number of hydrogen-bond acceptors (Lipinski definition) is 3. The molecule has 2 aromatic carbocycles. The lowest BCUT2D eigenvalue weighted by molar-refractivity contribution is 0.415. The Morgan fingerprint density at radius 3 is 2.64 bits per heavy atom. The molecule has 22 heavy (non-hydrogen) atoms. The minimum Gasteiger partial charge on any atom is -0.497 e. The van der Waals surface area contributed by atoms with Crippen molar-refractivity contribution in [3.8, 4) is 17.0 Å². The maximum absolute atomic E-state index is 12.4. The van der Waals surface area contributed by atoms with Crippen molar-refractivity contribution >= 4 is 22.1 Å². The molecule has 0 spiro atoms. The topological polar surface area (TPSA) is 55.2 Å². The fraction of sp³-hybridized carbons (Fsp3) is 0.0556. The van der Waals surface area contributed by atoms with Gasteiger partial charge in [-0.1, -0.05) is 30.3 Å². The van der Waals surface area contributed by atoms with Gasteiger partial charge in [-0.25, -0.2) is 0 Å². The van der Waals surface area contributed by atoms with Gasteiger partial charge < -0.3 is 14.1 Å².